The van der Waals surface area contributed by atoms with Gasteiger partial charge in [-0.05, 0) is 25.1 Å². The SMILES string of the molecule is COc1cc(NC(=O)/C(C#N)=C(/C)O)c(F)cc1C(=O)Nc1c(F)cccc1F. The number of anilines is 2. The first kappa shape index (κ1) is 21.3. The first-order valence-electron chi connectivity index (χ1n) is 7.93. The van der Waals surface area contributed by atoms with Crippen LogP contribution in [0.1, 0.15) is 17.3 Å². The molecule has 2 aromatic carbocycles. The Morgan fingerprint density at radius 1 is 1.10 bits per heavy atom. The van der Waals surface area contributed by atoms with Crippen molar-refractivity contribution in [2.45, 2.75) is 6.92 Å². The summed E-state index contributed by atoms with van der Waals surface area (Å²) >= 11 is 0. The molecule has 0 aromatic heterocycles. The highest BCUT2D eigenvalue weighted by Crippen LogP contribution is 2.28. The molecule has 2 aromatic rings. The van der Waals surface area contributed by atoms with Gasteiger partial charge in [0.15, 0.2) is 5.57 Å². The number of para-hydroxylation sites is 1. The molecule has 0 heterocycles. The van der Waals surface area contributed by atoms with E-state index in [1.807, 2.05) is 5.32 Å². The Hall–Kier alpha value is -4.00. The third-order valence-corrected chi connectivity index (χ3v) is 3.68. The molecule has 2 amide bonds. The summed E-state index contributed by atoms with van der Waals surface area (Å²) in [6.07, 6.45) is 0. The topological polar surface area (TPSA) is 111 Å². The summed E-state index contributed by atoms with van der Waals surface area (Å²) in [5.74, 6) is -6.09. The van der Waals surface area contributed by atoms with Gasteiger partial charge in [-0.3, -0.25) is 9.59 Å². The second-order valence-electron chi connectivity index (χ2n) is 5.61. The normalized spacial score (nSPS) is 11.2. The Labute approximate surface area is 163 Å². The number of carbonyl (C=O) groups excluding carboxylic acids is 2. The predicted molar refractivity (Wildman–Crippen MR) is 96.8 cm³/mol. The molecular weight excluding hydrogens is 391 g/mol. The molecule has 0 radical (unpaired) electrons. The highest BCUT2D eigenvalue weighted by atomic mass is 19.1. The zero-order chi connectivity index (χ0) is 21.7. The number of carbonyl (C=O) groups is 2. The summed E-state index contributed by atoms with van der Waals surface area (Å²) in [4.78, 5) is 24.3. The van der Waals surface area contributed by atoms with Gasteiger partial charge in [-0.2, -0.15) is 5.26 Å². The van der Waals surface area contributed by atoms with Crippen molar-refractivity contribution < 1.29 is 32.6 Å². The number of allylic oxidation sites excluding steroid dienone is 1. The van der Waals surface area contributed by atoms with Gasteiger partial charge in [0.1, 0.15) is 40.7 Å². The molecule has 0 fully saturated rings. The first-order valence-corrected chi connectivity index (χ1v) is 7.93. The number of halogens is 3. The fourth-order valence-corrected chi connectivity index (χ4v) is 2.27. The molecule has 2 rings (SSSR count). The van der Waals surface area contributed by atoms with E-state index in [9.17, 15) is 27.9 Å². The molecule has 0 unspecified atom stereocenters. The maximum Gasteiger partial charge on any atom is 0.269 e. The standard InChI is InChI=1S/C19H14F3N3O4/c1-9(26)11(8-23)19(28)24-15-7-16(29-2)10(6-14(15)22)18(27)25-17-12(20)4-3-5-13(17)21/h3-7,26H,1-2H3,(H,24,28)(H,25,27)/b11-9-. The zero-order valence-electron chi connectivity index (χ0n) is 15.1. The highest BCUT2D eigenvalue weighted by Gasteiger charge is 2.21. The molecule has 0 saturated carbocycles. The van der Waals surface area contributed by atoms with Crippen LogP contribution < -0.4 is 15.4 Å². The van der Waals surface area contributed by atoms with Crippen LogP contribution in [0.15, 0.2) is 41.7 Å². The first-order chi connectivity index (χ1) is 13.7. The summed E-state index contributed by atoms with van der Waals surface area (Å²) in [6, 6.07) is 6.06. The van der Waals surface area contributed by atoms with E-state index in [0.29, 0.717) is 6.07 Å². The molecular formula is C19H14F3N3O4. The maximum atomic E-state index is 14.4. The lowest BCUT2D eigenvalue weighted by Crippen LogP contribution is -2.18. The van der Waals surface area contributed by atoms with E-state index < -0.39 is 57.5 Å². The number of aliphatic hydroxyl groups excluding tert-OH is 1. The second-order valence-corrected chi connectivity index (χ2v) is 5.61. The molecule has 0 bridgehead atoms. The minimum absolute atomic E-state index is 0.223. The second kappa shape index (κ2) is 8.79. The van der Waals surface area contributed by atoms with Crippen molar-refractivity contribution in [3.05, 3.63) is 64.7 Å². The van der Waals surface area contributed by atoms with Crippen LogP contribution in [-0.4, -0.2) is 24.0 Å². The summed E-state index contributed by atoms with van der Waals surface area (Å²) in [5, 5.41) is 22.2. The number of aliphatic hydroxyl groups is 1. The lowest BCUT2D eigenvalue weighted by molar-refractivity contribution is -0.112. The van der Waals surface area contributed by atoms with Crippen molar-refractivity contribution in [2.75, 3.05) is 17.7 Å². The van der Waals surface area contributed by atoms with E-state index in [1.165, 1.54) is 6.07 Å². The van der Waals surface area contributed by atoms with Crippen LogP contribution in [-0.2, 0) is 4.79 Å². The molecule has 0 spiro atoms. The van der Waals surface area contributed by atoms with Gasteiger partial charge < -0.3 is 20.5 Å². The van der Waals surface area contributed by atoms with E-state index >= 15 is 0 Å². The van der Waals surface area contributed by atoms with Gasteiger partial charge in [-0.25, -0.2) is 13.2 Å². The van der Waals surface area contributed by atoms with Gasteiger partial charge in [0.25, 0.3) is 11.8 Å². The minimum atomic E-state index is -1.09. The Morgan fingerprint density at radius 2 is 1.72 bits per heavy atom. The number of hydrogen-bond donors (Lipinski definition) is 3. The molecule has 0 aliphatic heterocycles. The average molecular weight is 405 g/mol. The number of benzene rings is 2. The molecule has 0 aliphatic rings. The largest absolute Gasteiger partial charge is 0.511 e. The number of nitriles is 1. The highest BCUT2D eigenvalue weighted by molar-refractivity contribution is 6.09. The van der Waals surface area contributed by atoms with E-state index in [4.69, 9.17) is 10.00 Å². The van der Waals surface area contributed by atoms with Crippen LogP contribution in [0.4, 0.5) is 24.5 Å². The third kappa shape index (κ3) is 4.65. The van der Waals surface area contributed by atoms with Crippen LogP contribution in [0.5, 0.6) is 5.75 Å². The van der Waals surface area contributed by atoms with Crippen LogP contribution in [0, 0.1) is 28.8 Å². The van der Waals surface area contributed by atoms with Crippen LogP contribution >= 0.6 is 0 Å². The molecule has 150 valence electrons. The van der Waals surface area contributed by atoms with Gasteiger partial charge in [0, 0.05) is 6.07 Å². The van der Waals surface area contributed by atoms with Crippen molar-refractivity contribution in [2.24, 2.45) is 0 Å². The average Bonchev–Trinajstić information content (AvgIpc) is 2.66. The number of methoxy groups -OCH3 is 1. The number of rotatable bonds is 5. The summed E-state index contributed by atoms with van der Waals surface area (Å²) in [7, 11) is 1.15. The Balaban J connectivity index is 2.38. The smallest absolute Gasteiger partial charge is 0.269 e. The van der Waals surface area contributed by atoms with Crippen LogP contribution in [0.2, 0.25) is 0 Å². The fraction of sp³-hybridized carbons (Fsp3) is 0.105. The molecule has 0 aliphatic carbocycles. The maximum absolute atomic E-state index is 14.4. The van der Waals surface area contributed by atoms with E-state index in [-0.39, 0.29) is 5.75 Å². The van der Waals surface area contributed by atoms with Gasteiger partial charge in [-0.15, -0.1) is 0 Å². The molecule has 0 atom stereocenters. The molecule has 10 heteroatoms. The van der Waals surface area contributed by atoms with E-state index in [1.54, 1.807) is 0 Å². The molecule has 29 heavy (non-hydrogen) atoms. The Kier molecular flexibility index (Phi) is 6.46. The van der Waals surface area contributed by atoms with Crippen LogP contribution in [0.25, 0.3) is 0 Å². The van der Waals surface area contributed by atoms with Gasteiger partial charge >= 0.3 is 0 Å². The molecule has 7 nitrogen and oxygen atoms in total. The van der Waals surface area contributed by atoms with Crippen molar-refractivity contribution in [1.29, 1.82) is 5.26 Å². The Morgan fingerprint density at radius 3 is 2.24 bits per heavy atom. The summed E-state index contributed by atoms with van der Waals surface area (Å²) < 4.78 is 46.8. The van der Waals surface area contributed by atoms with E-state index in [2.05, 4.69) is 5.32 Å². The lowest BCUT2D eigenvalue weighted by atomic mass is 10.1. The monoisotopic (exact) mass is 405 g/mol. The van der Waals surface area contributed by atoms with Crippen molar-refractivity contribution >= 4 is 23.2 Å². The van der Waals surface area contributed by atoms with Crippen molar-refractivity contribution in [3.63, 3.8) is 0 Å². The number of nitrogens with one attached hydrogen (secondary N) is 2. The van der Waals surface area contributed by atoms with Gasteiger partial charge in [0.05, 0.1) is 18.4 Å². The van der Waals surface area contributed by atoms with Crippen molar-refractivity contribution in [3.8, 4) is 11.8 Å². The quantitative estimate of drug-likeness (QED) is 0.399. The summed E-state index contributed by atoms with van der Waals surface area (Å²) in [6.45, 7) is 1.10. The number of ether oxygens (including phenoxy) is 1. The van der Waals surface area contributed by atoms with Gasteiger partial charge in [0.2, 0.25) is 0 Å². The minimum Gasteiger partial charge on any atom is -0.511 e. The fourth-order valence-electron chi connectivity index (χ4n) is 2.27. The number of hydrogen-bond acceptors (Lipinski definition) is 5. The number of amides is 2. The molecule has 0 saturated heterocycles. The summed E-state index contributed by atoms with van der Waals surface area (Å²) in [5.41, 5.74) is -2.21. The molecule has 3 N–H and O–H groups in total. The number of nitrogens with zero attached hydrogens (tertiary/aromatic N) is 1. The third-order valence-electron chi connectivity index (χ3n) is 3.68. The van der Waals surface area contributed by atoms with Crippen LogP contribution in [0.3, 0.4) is 0 Å². The van der Waals surface area contributed by atoms with E-state index in [0.717, 1.165) is 38.3 Å². The lowest BCUT2D eigenvalue weighted by Gasteiger charge is -2.13. The predicted octanol–water partition coefficient (Wildman–Crippen LogP) is 3.66. The van der Waals surface area contributed by atoms with Gasteiger partial charge in [-0.1, -0.05) is 6.07 Å². The Bertz CT molecular complexity index is 1040. The van der Waals surface area contributed by atoms with Crippen molar-refractivity contribution in [1.82, 2.24) is 0 Å². The zero-order valence-corrected chi connectivity index (χ0v) is 15.1.